The summed E-state index contributed by atoms with van der Waals surface area (Å²) in [4.78, 5) is 33.4. The van der Waals surface area contributed by atoms with Crippen molar-refractivity contribution in [3.63, 3.8) is 0 Å². The Labute approximate surface area is 187 Å². The summed E-state index contributed by atoms with van der Waals surface area (Å²) in [5, 5.41) is 0.193. The van der Waals surface area contributed by atoms with Crippen molar-refractivity contribution in [2.45, 2.75) is 23.6 Å². The summed E-state index contributed by atoms with van der Waals surface area (Å²) in [6.45, 7) is 8.60. The number of fused-ring (bicyclic) bond motifs is 1. The fraction of sp³-hybridized carbons (Fsp3) is 0.333. The molecule has 0 radical (unpaired) electrons. The first-order chi connectivity index (χ1) is 15.1. The zero-order valence-corrected chi connectivity index (χ0v) is 18.3. The molecule has 0 spiro atoms. The van der Waals surface area contributed by atoms with E-state index in [4.69, 9.17) is 12.3 Å². The van der Waals surface area contributed by atoms with Crippen LogP contribution in [0.3, 0.4) is 0 Å². The number of halogens is 2. The molecule has 32 heavy (non-hydrogen) atoms. The minimum absolute atomic E-state index is 0.0472. The molecule has 2 N–H and O–H groups in total. The Bertz CT molecular complexity index is 1210. The molecule has 4 rings (SSSR count). The maximum absolute atomic E-state index is 14.9. The molecule has 0 bridgehead atoms. The predicted molar refractivity (Wildman–Crippen MR) is 118 cm³/mol. The molecule has 2 aromatic heterocycles. The summed E-state index contributed by atoms with van der Waals surface area (Å²) in [7, 11) is 3.33. The number of aromatic nitrogens is 3. The Hall–Kier alpha value is -3.39. The van der Waals surface area contributed by atoms with Gasteiger partial charge in [-0.1, -0.05) is 18.3 Å². The van der Waals surface area contributed by atoms with Gasteiger partial charge in [-0.05, 0) is 31.1 Å². The van der Waals surface area contributed by atoms with Crippen LogP contribution in [-0.2, 0) is 10.3 Å². The maximum atomic E-state index is 14.9. The van der Waals surface area contributed by atoms with E-state index in [-0.39, 0.29) is 39.6 Å². The topological polar surface area (TPSA) is 102 Å². The molecule has 11 heteroatoms. The zero-order chi connectivity index (χ0) is 23.3. The van der Waals surface area contributed by atoms with Crippen LogP contribution in [0.25, 0.3) is 16.7 Å². The van der Waals surface area contributed by atoms with Crippen LogP contribution >= 0.6 is 11.8 Å². The van der Waals surface area contributed by atoms with E-state index >= 15 is 0 Å². The van der Waals surface area contributed by atoms with Crippen LogP contribution in [0.15, 0.2) is 29.6 Å². The minimum atomic E-state index is -1.13. The number of amides is 1. The third-order valence-electron chi connectivity index (χ3n) is 5.68. The number of nitrogens with zero attached hydrogens (tertiary/aromatic N) is 6. The Kier molecular flexibility index (Phi) is 5.21. The zero-order valence-electron chi connectivity index (χ0n) is 17.5. The molecule has 164 valence electrons. The maximum Gasteiger partial charge on any atom is 0.287 e. The third-order valence-corrected chi connectivity index (χ3v) is 6.97. The number of nitrogens with two attached hydrogens (primary N) is 1. The summed E-state index contributed by atoms with van der Waals surface area (Å²) in [6.07, 6.45) is 5.14. The average molecular weight is 455 g/mol. The van der Waals surface area contributed by atoms with Crippen LogP contribution in [0.2, 0.25) is 0 Å². The quantitative estimate of drug-likeness (QED) is 0.561. The lowest BCUT2D eigenvalue weighted by molar-refractivity contribution is -0.129. The lowest BCUT2D eigenvalue weighted by Gasteiger charge is -2.34. The molecule has 0 aromatic carbocycles. The second-order valence-electron chi connectivity index (χ2n) is 8.02. The summed E-state index contributed by atoms with van der Waals surface area (Å²) in [6, 6.07) is 1.46. The first-order valence-corrected chi connectivity index (χ1v) is 10.4. The summed E-state index contributed by atoms with van der Waals surface area (Å²) in [5.74, 6) is -1.81. The number of aliphatic imine (C=N–C) groups is 1. The van der Waals surface area contributed by atoms with Crippen molar-refractivity contribution in [2.75, 3.05) is 14.1 Å². The third kappa shape index (κ3) is 3.50. The van der Waals surface area contributed by atoms with E-state index in [0.29, 0.717) is 6.42 Å². The monoisotopic (exact) mass is 455 g/mol. The normalized spacial score (nSPS) is 26.6. The van der Waals surface area contributed by atoms with E-state index in [1.54, 1.807) is 21.0 Å². The predicted octanol–water partition coefficient (Wildman–Crippen LogP) is 3.15. The van der Waals surface area contributed by atoms with E-state index in [1.807, 2.05) is 0 Å². The summed E-state index contributed by atoms with van der Waals surface area (Å²) < 4.78 is 28.7. The minimum Gasteiger partial charge on any atom is -0.378 e. The SMILES string of the molecule is [C-]#[N+]c1cnc(/C(F)=C/c2cnc(F)c([C@@]3(C)N=C(N)S[C@@]4(C(=O)N(C)C)C[C@H]43)c2)cn1. The molecule has 3 atom stereocenters. The highest BCUT2D eigenvalue weighted by Gasteiger charge is 2.71. The van der Waals surface area contributed by atoms with Gasteiger partial charge in [-0.15, -0.1) is 4.98 Å². The molecule has 1 fully saturated rings. The Morgan fingerprint density at radius 1 is 1.34 bits per heavy atom. The second kappa shape index (κ2) is 7.63. The van der Waals surface area contributed by atoms with Gasteiger partial charge in [-0.2, -0.15) is 4.39 Å². The van der Waals surface area contributed by atoms with E-state index in [1.165, 1.54) is 28.9 Å². The van der Waals surface area contributed by atoms with Gasteiger partial charge < -0.3 is 15.5 Å². The molecule has 0 unspecified atom stereocenters. The van der Waals surface area contributed by atoms with Gasteiger partial charge in [0.2, 0.25) is 11.9 Å². The molecule has 2 aromatic rings. The molecule has 1 amide bonds. The van der Waals surface area contributed by atoms with Crippen LogP contribution in [0.5, 0.6) is 0 Å². The van der Waals surface area contributed by atoms with Crippen molar-refractivity contribution in [3.05, 3.63) is 58.8 Å². The van der Waals surface area contributed by atoms with Crippen molar-refractivity contribution < 1.29 is 13.6 Å². The van der Waals surface area contributed by atoms with Gasteiger partial charge in [0.15, 0.2) is 11.0 Å². The lowest BCUT2D eigenvalue weighted by atomic mass is 9.86. The highest BCUT2D eigenvalue weighted by molar-refractivity contribution is 8.15. The summed E-state index contributed by atoms with van der Waals surface area (Å²) in [5.41, 5.74) is 5.27. The number of amidine groups is 1. The van der Waals surface area contributed by atoms with Crippen molar-refractivity contribution in [1.29, 1.82) is 0 Å². The van der Waals surface area contributed by atoms with Gasteiger partial charge in [0.1, 0.15) is 16.6 Å². The average Bonchev–Trinajstić information content (AvgIpc) is 3.51. The number of hydrogen-bond donors (Lipinski definition) is 1. The van der Waals surface area contributed by atoms with Gasteiger partial charge in [0.05, 0.1) is 11.7 Å². The van der Waals surface area contributed by atoms with Gasteiger partial charge in [0, 0.05) is 31.8 Å². The molecule has 2 aliphatic rings. The van der Waals surface area contributed by atoms with E-state index < -0.39 is 22.1 Å². The number of rotatable bonds is 4. The van der Waals surface area contributed by atoms with E-state index in [2.05, 4.69) is 24.8 Å². The number of carbonyl (C=O) groups excluding carboxylic acids is 1. The number of pyridine rings is 1. The van der Waals surface area contributed by atoms with E-state index in [9.17, 15) is 13.6 Å². The fourth-order valence-electron chi connectivity index (χ4n) is 4.05. The van der Waals surface area contributed by atoms with Gasteiger partial charge in [-0.25, -0.2) is 9.37 Å². The lowest BCUT2D eigenvalue weighted by Crippen LogP contribution is -2.43. The Morgan fingerprint density at radius 2 is 2.09 bits per heavy atom. The highest BCUT2D eigenvalue weighted by Crippen LogP contribution is 2.66. The molecule has 8 nitrogen and oxygen atoms in total. The standard InChI is InChI=1S/C21H19F2N7OS/c1-20(15-7-21(15,18(31)30(3)4)32-19(24)29-20)12-5-11(8-28-17(12)23)6-13(22)14-9-27-16(25-2)10-26-14/h5-6,8-10,15H,7H2,1,3-4H3,(H2,24,29)/b13-6-/t15-,20+,21-/m0/s1. The van der Waals surface area contributed by atoms with Gasteiger partial charge in [-0.3, -0.25) is 14.8 Å². The molecular formula is C21H19F2N7OS. The van der Waals surface area contributed by atoms with E-state index in [0.717, 1.165) is 18.5 Å². The molecular weight excluding hydrogens is 436 g/mol. The van der Waals surface area contributed by atoms with Crippen LogP contribution in [0, 0.1) is 18.4 Å². The van der Waals surface area contributed by atoms with Crippen LogP contribution in [-0.4, -0.2) is 49.8 Å². The van der Waals surface area contributed by atoms with Gasteiger partial charge in [0.25, 0.3) is 5.82 Å². The number of hydrogen-bond acceptors (Lipinski definition) is 7. The number of carbonyl (C=O) groups is 1. The van der Waals surface area contributed by atoms with Crippen molar-refractivity contribution >= 4 is 40.6 Å². The van der Waals surface area contributed by atoms with Crippen LogP contribution in [0.4, 0.5) is 14.6 Å². The Morgan fingerprint density at radius 3 is 2.72 bits per heavy atom. The summed E-state index contributed by atoms with van der Waals surface area (Å²) >= 11 is 1.20. The Balaban J connectivity index is 1.72. The first kappa shape index (κ1) is 21.8. The fourth-order valence-corrected chi connectivity index (χ4v) is 5.55. The largest absolute Gasteiger partial charge is 0.378 e. The molecule has 1 aliphatic carbocycles. The molecule has 1 saturated carbocycles. The number of thioether (sulfide) groups is 1. The molecule has 0 saturated heterocycles. The van der Waals surface area contributed by atoms with Crippen LogP contribution in [0.1, 0.15) is 30.2 Å². The highest BCUT2D eigenvalue weighted by atomic mass is 32.2. The van der Waals surface area contributed by atoms with Crippen molar-refractivity contribution in [1.82, 2.24) is 19.9 Å². The van der Waals surface area contributed by atoms with Gasteiger partial charge >= 0.3 is 0 Å². The smallest absolute Gasteiger partial charge is 0.287 e. The van der Waals surface area contributed by atoms with Crippen molar-refractivity contribution in [3.8, 4) is 0 Å². The first-order valence-electron chi connectivity index (χ1n) is 9.60. The molecule has 1 aliphatic heterocycles. The second-order valence-corrected chi connectivity index (χ2v) is 9.37. The van der Waals surface area contributed by atoms with Crippen molar-refractivity contribution in [2.24, 2.45) is 16.6 Å². The molecule has 3 heterocycles. The van der Waals surface area contributed by atoms with Crippen LogP contribution < -0.4 is 5.73 Å².